The van der Waals surface area contributed by atoms with Crippen molar-refractivity contribution >= 4 is 35.4 Å². The standard InChI is InChI=1S/C21H20ClNO6/c22-16(13-18(24)25)11-12-17(21(28)29)23(19(26)14-7-3-1-4-8-14)20(27)15-9-5-2-6-10-15/h1-10,16-17H,11-13H2,(H,24,25)(H,28,29). The number of imide groups is 1. The van der Waals surface area contributed by atoms with E-state index in [1.807, 2.05) is 0 Å². The molecule has 152 valence electrons. The largest absolute Gasteiger partial charge is 0.481 e. The molecule has 2 atom stereocenters. The second-order valence-corrected chi connectivity index (χ2v) is 6.96. The van der Waals surface area contributed by atoms with E-state index in [9.17, 15) is 24.3 Å². The normalized spacial score (nSPS) is 12.6. The molecule has 2 aromatic carbocycles. The van der Waals surface area contributed by atoms with Gasteiger partial charge in [-0.05, 0) is 37.1 Å². The summed E-state index contributed by atoms with van der Waals surface area (Å²) < 4.78 is 0. The summed E-state index contributed by atoms with van der Waals surface area (Å²) in [6.07, 6.45) is -0.521. The first-order valence-corrected chi connectivity index (χ1v) is 9.31. The van der Waals surface area contributed by atoms with Crippen molar-refractivity contribution in [2.75, 3.05) is 0 Å². The Kier molecular flexibility index (Phi) is 7.91. The highest BCUT2D eigenvalue weighted by Gasteiger charge is 2.36. The van der Waals surface area contributed by atoms with Crippen molar-refractivity contribution in [3.63, 3.8) is 0 Å². The first kappa shape index (κ1) is 22.1. The molecule has 2 N–H and O–H groups in total. The molecule has 0 aliphatic rings. The SMILES string of the molecule is O=C(O)CC(Cl)CCC(C(=O)O)N(C(=O)c1ccccc1)C(=O)c1ccccc1. The van der Waals surface area contributed by atoms with E-state index in [2.05, 4.69) is 0 Å². The van der Waals surface area contributed by atoms with Crippen molar-refractivity contribution in [2.45, 2.75) is 30.7 Å². The van der Waals surface area contributed by atoms with E-state index in [0.29, 0.717) is 4.90 Å². The molecular weight excluding hydrogens is 398 g/mol. The molecule has 0 heterocycles. The predicted molar refractivity (Wildman–Crippen MR) is 106 cm³/mol. The first-order valence-electron chi connectivity index (χ1n) is 8.88. The minimum Gasteiger partial charge on any atom is -0.481 e. The number of carboxylic acids is 2. The molecule has 0 saturated heterocycles. The Bertz CT molecular complexity index is 820. The number of carboxylic acid groups (broad SMARTS) is 2. The molecule has 8 heteroatoms. The van der Waals surface area contributed by atoms with E-state index in [1.165, 1.54) is 24.3 Å². The van der Waals surface area contributed by atoms with Crippen molar-refractivity contribution < 1.29 is 29.4 Å². The Morgan fingerprint density at radius 2 is 1.24 bits per heavy atom. The molecular formula is C21H20ClNO6. The quantitative estimate of drug-likeness (QED) is 0.478. The molecule has 0 spiro atoms. The van der Waals surface area contributed by atoms with Crippen LogP contribution >= 0.6 is 11.6 Å². The topological polar surface area (TPSA) is 112 Å². The number of aliphatic carboxylic acids is 2. The van der Waals surface area contributed by atoms with Gasteiger partial charge in [0.15, 0.2) is 0 Å². The molecule has 0 aromatic heterocycles. The number of alkyl halides is 1. The number of rotatable bonds is 9. The van der Waals surface area contributed by atoms with Gasteiger partial charge in [-0.25, -0.2) is 4.79 Å². The summed E-state index contributed by atoms with van der Waals surface area (Å²) in [5, 5.41) is 17.7. The second kappa shape index (κ2) is 10.4. The van der Waals surface area contributed by atoms with Crippen LogP contribution in [0.3, 0.4) is 0 Å². The third-order valence-electron chi connectivity index (χ3n) is 4.23. The van der Waals surface area contributed by atoms with Crippen LogP contribution in [0.4, 0.5) is 0 Å². The molecule has 2 amide bonds. The van der Waals surface area contributed by atoms with E-state index < -0.39 is 35.2 Å². The van der Waals surface area contributed by atoms with Crippen molar-refractivity contribution in [3.8, 4) is 0 Å². The van der Waals surface area contributed by atoms with Crippen LogP contribution in [0.15, 0.2) is 60.7 Å². The highest BCUT2D eigenvalue weighted by molar-refractivity contribution is 6.21. The smallest absolute Gasteiger partial charge is 0.326 e. The van der Waals surface area contributed by atoms with Crippen LogP contribution in [0.5, 0.6) is 0 Å². The number of carbonyl (C=O) groups excluding carboxylic acids is 2. The minimum atomic E-state index is -1.49. The molecule has 7 nitrogen and oxygen atoms in total. The number of hydrogen-bond acceptors (Lipinski definition) is 4. The van der Waals surface area contributed by atoms with E-state index in [-0.39, 0.29) is 30.4 Å². The summed E-state index contributed by atoms with van der Waals surface area (Å²) in [5.41, 5.74) is 0.326. The molecule has 0 saturated carbocycles. The van der Waals surface area contributed by atoms with E-state index in [0.717, 1.165) is 0 Å². The summed E-state index contributed by atoms with van der Waals surface area (Å²) in [6, 6.07) is 14.3. The van der Waals surface area contributed by atoms with Gasteiger partial charge in [-0.2, -0.15) is 0 Å². The number of amides is 2. The first-order chi connectivity index (χ1) is 13.8. The second-order valence-electron chi connectivity index (χ2n) is 6.34. The molecule has 0 radical (unpaired) electrons. The Hall–Kier alpha value is -3.19. The van der Waals surface area contributed by atoms with Crippen molar-refractivity contribution in [1.29, 1.82) is 0 Å². The highest BCUT2D eigenvalue weighted by atomic mass is 35.5. The third kappa shape index (κ3) is 6.15. The molecule has 2 unspecified atom stereocenters. The lowest BCUT2D eigenvalue weighted by molar-refractivity contribution is -0.141. The molecule has 2 aromatic rings. The zero-order chi connectivity index (χ0) is 21.4. The fourth-order valence-corrected chi connectivity index (χ4v) is 3.07. The molecule has 0 bridgehead atoms. The van der Waals surface area contributed by atoms with Crippen molar-refractivity contribution in [2.24, 2.45) is 0 Å². The third-order valence-corrected chi connectivity index (χ3v) is 4.60. The van der Waals surface area contributed by atoms with Crippen molar-refractivity contribution in [3.05, 3.63) is 71.8 Å². The number of halogens is 1. The van der Waals surface area contributed by atoms with Gasteiger partial charge >= 0.3 is 11.9 Å². The van der Waals surface area contributed by atoms with Gasteiger partial charge in [0.1, 0.15) is 6.04 Å². The lowest BCUT2D eigenvalue weighted by Gasteiger charge is -2.28. The van der Waals surface area contributed by atoms with E-state index in [1.54, 1.807) is 36.4 Å². The summed E-state index contributed by atoms with van der Waals surface area (Å²) >= 11 is 5.96. The van der Waals surface area contributed by atoms with Gasteiger partial charge in [0.25, 0.3) is 11.8 Å². The number of carbonyl (C=O) groups is 4. The van der Waals surface area contributed by atoms with E-state index >= 15 is 0 Å². The van der Waals surface area contributed by atoms with Gasteiger partial charge in [0, 0.05) is 16.5 Å². The van der Waals surface area contributed by atoms with Crippen LogP contribution in [-0.4, -0.2) is 50.3 Å². The van der Waals surface area contributed by atoms with Gasteiger partial charge in [0.05, 0.1) is 6.42 Å². The fraction of sp³-hybridized carbons (Fsp3) is 0.238. The zero-order valence-corrected chi connectivity index (χ0v) is 16.2. The molecule has 29 heavy (non-hydrogen) atoms. The van der Waals surface area contributed by atoms with Gasteiger partial charge in [-0.15, -0.1) is 11.6 Å². The Morgan fingerprint density at radius 3 is 1.62 bits per heavy atom. The number of hydrogen-bond donors (Lipinski definition) is 2. The number of benzene rings is 2. The lowest BCUT2D eigenvalue weighted by Crippen LogP contribution is -2.49. The summed E-state index contributed by atoms with van der Waals surface area (Å²) in [6.45, 7) is 0. The maximum Gasteiger partial charge on any atom is 0.326 e. The van der Waals surface area contributed by atoms with E-state index in [4.69, 9.17) is 16.7 Å². The van der Waals surface area contributed by atoms with Crippen molar-refractivity contribution in [1.82, 2.24) is 4.90 Å². The molecule has 2 rings (SSSR count). The summed E-state index contributed by atoms with van der Waals surface area (Å²) in [7, 11) is 0. The molecule has 0 aliphatic heterocycles. The number of nitrogens with zero attached hydrogens (tertiary/aromatic N) is 1. The monoisotopic (exact) mass is 417 g/mol. The highest BCUT2D eigenvalue weighted by Crippen LogP contribution is 2.20. The van der Waals surface area contributed by atoms with Gasteiger partial charge in [-0.1, -0.05) is 36.4 Å². The predicted octanol–water partition coefficient (Wildman–Crippen LogP) is 3.28. The van der Waals surface area contributed by atoms with Crippen LogP contribution in [-0.2, 0) is 9.59 Å². The minimum absolute atomic E-state index is 0.00542. The summed E-state index contributed by atoms with van der Waals surface area (Å²) in [4.78, 5) is 49.5. The molecule has 0 fully saturated rings. The van der Waals surface area contributed by atoms with Gasteiger partial charge in [0.2, 0.25) is 0 Å². The molecule has 0 aliphatic carbocycles. The van der Waals surface area contributed by atoms with Crippen LogP contribution in [0.25, 0.3) is 0 Å². The average Bonchev–Trinajstić information content (AvgIpc) is 2.70. The lowest BCUT2D eigenvalue weighted by atomic mass is 10.0. The van der Waals surface area contributed by atoms with Crippen LogP contribution in [0, 0.1) is 0 Å². The average molecular weight is 418 g/mol. The van der Waals surface area contributed by atoms with Gasteiger partial charge < -0.3 is 10.2 Å². The maximum absolute atomic E-state index is 13.0. The van der Waals surface area contributed by atoms with Gasteiger partial charge in [-0.3, -0.25) is 19.3 Å². The Morgan fingerprint density at radius 1 is 0.793 bits per heavy atom. The Labute approximate surface area is 172 Å². The zero-order valence-electron chi connectivity index (χ0n) is 15.4. The summed E-state index contributed by atoms with van der Waals surface area (Å²) in [5.74, 6) is -4.00. The fourth-order valence-electron chi connectivity index (χ4n) is 2.81. The Balaban J connectivity index is 2.37. The van der Waals surface area contributed by atoms with Crippen LogP contribution in [0.2, 0.25) is 0 Å². The maximum atomic E-state index is 13.0. The van der Waals surface area contributed by atoms with Crippen LogP contribution in [0.1, 0.15) is 40.0 Å². The van der Waals surface area contributed by atoms with Crippen LogP contribution < -0.4 is 0 Å².